The van der Waals surface area contributed by atoms with Crippen LogP contribution in [-0.2, 0) is 4.79 Å². The highest BCUT2D eigenvalue weighted by Gasteiger charge is 2.20. The molecular formula is C19H21FN2O5. The fourth-order valence-electron chi connectivity index (χ4n) is 2.58. The van der Waals surface area contributed by atoms with Gasteiger partial charge in [-0.3, -0.25) is 14.9 Å². The second kappa shape index (κ2) is 8.98. The molecule has 0 aliphatic heterocycles. The van der Waals surface area contributed by atoms with E-state index in [1.807, 2.05) is 13.8 Å². The van der Waals surface area contributed by atoms with Gasteiger partial charge in [-0.1, -0.05) is 0 Å². The molecule has 0 N–H and O–H groups in total. The number of anilines is 1. The molecule has 8 heteroatoms. The van der Waals surface area contributed by atoms with Gasteiger partial charge in [0, 0.05) is 29.9 Å². The highest BCUT2D eigenvalue weighted by molar-refractivity contribution is 5.94. The molecular weight excluding hydrogens is 355 g/mol. The number of carbonyl (C=O) groups is 1. The molecule has 7 nitrogen and oxygen atoms in total. The largest absolute Gasteiger partial charge is 0.494 e. The summed E-state index contributed by atoms with van der Waals surface area (Å²) in [6.07, 6.45) is 0.0722. The SMILES string of the molecule is COc1ccc(N(C(=O)CCOc2ccc([N+](=O)[O-])cc2)C(C)C)cc1F. The molecule has 0 saturated carbocycles. The average molecular weight is 376 g/mol. The van der Waals surface area contributed by atoms with Crippen LogP contribution >= 0.6 is 0 Å². The topological polar surface area (TPSA) is 81.9 Å². The minimum absolute atomic E-state index is 0.0362. The van der Waals surface area contributed by atoms with E-state index in [9.17, 15) is 19.3 Å². The molecule has 27 heavy (non-hydrogen) atoms. The maximum Gasteiger partial charge on any atom is 0.269 e. The van der Waals surface area contributed by atoms with E-state index in [0.717, 1.165) is 0 Å². The molecule has 2 rings (SSSR count). The van der Waals surface area contributed by atoms with Crippen molar-refractivity contribution < 1.29 is 23.6 Å². The Balaban J connectivity index is 2.00. The second-order valence-electron chi connectivity index (χ2n) is 6.03. The highest BCUT2D eigenvalue weighted by atomic mass is 19.1. The molecule has 0 aromatic heterocycles. The van der Waals surface area contributed by atoms with Crippen molar-refractivity contribution in [2.75, 3.05) is 18.6 Å². The number of carbonyl (C=O) groups excluding carboxylic acids is 1. The van der Waals surface area contributed by atoms with Gasteiger partial charge in [0.25, 0.3) is 5.69 Å². The Morgan fingerprint density at radius 2 is 1.89 bits per heavy atom. The minimum Gasteiger partial charge on any atom is -0.494 e. The van der Waals surface area contributed by atoms with Crippen LogP contribution in [0.25, 0.3) is 0 Å². The molecule has 0 aliphatic rings. The maximum absolute atomic E-state index is 14.0. The zero-order chi connectivity index (χ0) is 20.0. The Morgan fingerprint density at radius 1 is 1.22 bits per heavy atom. The Bertz CT molecular complexity index is 808. The summed E-state index contributed by atoms with van der Waals surface area (Å²) in [4.78, 5) is 24.2. The molecule has 144 valence electrons. The molecule has 0 atom stereocenters. The van der Waals surface area contributed by atoms with E-state index in [1.165, 1.54) is 48.4 Å². The van der Waals surface area contributed by atoms with Crippen molar-refractivity contribution in [2.24, 2.45) is 0 Å². The molecule has 0 unspecified atom stereocenters. The smallest absolute Gasteiger partial charge is 0.269 e. The first-order valence-corrected chi connectivity index (χ1v) is 8.36. The molecule has 0 spiro atoms. The number of ether oxygens (including phenoxy) is 2. The molecule has 0 bridgehead atoms. The van der Waals surface area contributed by atoms with Crippen LogP contribution < -0.4 is 14.4 Å². The molecule has 0 radical (unpaired) electrons. The fourth-order valence-corrected chi connectivity index (χ4v) is 2.58. The summed E-state index contributed by atoms with van der Waals surface area (Å²) in [6, 6.07) is 9.79. The first kappa shape index (κ1) is 20.2. The van der Waals surface area contributed by atoms with Crippen molar-refractivity contribution in [3.63, 3.8) is 0 Å². The summed E-state index contributed by atoms with van der Waals surface area (Å²) in [5.74, 6) is -0.233. The Kier molecular flexibility index (Phi) is 6.70. The quantitative estimate of drug-likeness (QED) is 0.515. The van der Waals surface area contributed by atoms with Gasteiger partial charge in [-0.05, 0) is 38.1 Å². The lowest BCUT2D eigenvalue weighted by Gasteiger charge is -2.27. The molecule has 0 fully saturated rings. The molecule has 0 aliphatic carbocycles. The third-order valence-electron chi connectivity index (χ3n) is 3.83. The van der Waals surface area contributed by atoms with Crippen LogP contribution in [0.3, 0.4) is 0 Å². The number of halogens is 1. The number of nitro groups is 1. The van der Waals surface area contributed by atoms with Crippen LogP contribution in [0.4, 0.5) is 15.8 Å². The number of nitrogens with zero attached hydrogens (tertiary/aromatic N) is 2. The van der Waals surface area contributed by atoms with Crippen molar-refractivity contribution in [2.45, 2.75) is 26.3 Å². The van der Waals surface area contributed by atoms with Gasteiger partial charge < -0.3 is 14.4 Å². The van der Waals surface area contributed by atoms with Crippen LogP contribution in [0.5, 0.6) is 11.5 Å². The third-order valence-corrected chi connectivity index (χ3v) is 3.83. The van der Waals surface area contributed by atoms with Crippen molar-refractivity contribution in [3.05, 3.63) is 58.4 Å². The predicted molar refractivity (Wildman–Crippen MR) is 98.8 cm³/mol. The number of methoxy groups -OCH3 is 1. The lowest BCUT2D eigenvalue weighted by Crippen LogP contribution is -2.37. The number of hydrogen-bond donors (Lipinski definition) is 0. The molecule has 0 heterocycles. The van der Waals surface area contributed by atoms with Gasteiger partial charge in [0.2, 0.25) is 5.91 Å². The summed E-state index contributed by atoms with van der Waals surface area (Å²) < 4.78 is 24.3. The summed E-state index contributed by atoms with van der Waals surface area (Å²) in [7, 11) is 1.37. The standard InChI is InChI=1S/C19H21FN2O5/c1-13(2)21(15-6-9-18(26-3)17(20)12-15)19(23)10-11-27-16-7-4-14(5-8-16)22(24)25/h4-9,12-13H,10-11H2,1-3H3. The number of rotatable bonds is 8. The first-order valence-electron chi connectivity index (χ1n) is 8.36. The van der Waals surface area contributed by atoms with Crippen molar-refractivity contribution >= 4 is 17.3 Å². The Hall–Kier alpha value is -3.16. The van der Waals surface area contributed by atoms with Crippen LogP contribution in [0.2, 0.25) is 0 Å². The number of non-ortho nitro benzene ring substituents is 1. The van der Waals surface area contributed by atoms with E-state index in [2.05, 4.69) is 0 Å². The van der Waals surface area contributed by atoms with Crippen molar-refractivity contribution in [1.82, 2.24) is 0 Å². The van der Waals surface area contributed by atoms with Crippen LogP contribution in [0.1, 0.15) is 20.3 Å². The van der Waals surface area contributed by atoms with Crippen LogP contribution in [0.15, 0.2) is 42.5 Å². The van der Waals surface area contributed by atoms with E-state index in [0.29, 0.717) is 11.4 Å². The van der Waals surface area contributed by atoms with E-state index in [4.69, 9.17) is 9.47 Å². The van der Waals surface area contributed by atoms with Gasteiger partial charge in [0.15, 0.2) is 11.6 Å². The van der Waals surface area contributed by atoms with E-state index in [1.54, 1.807) is 6.07 Å². The molecule has 2 aromatic rings. The van der Waals surface area contributed by atoms with E-state index in [-0.39, 0.29) is 36.4 Å². The minimum atomic E-state index is -0.546. The highest BCUT2D eigenvalue weighted by Crippen LogP contribution is 2.25. The maximum atomic E-state index is 14.0. The lowest BCUT2D eigenvalue weighted by molar-refractivity contribution is -0.384. The molecule has 1 amide bonds. The molecule has 2 aromatic carbocycles. The van der Waals surface area contributed by atoms with E-state index < -0.39 is 10.7 Å². The molecule has 0 saturated heterocycles. The zero-order valence-corrected chi connectivity index (χ0v) is 15.3. The number of benzene rings is 2. The van der Waals surface area contributed by atoms with Gasteiger partial charge in [-0.15, -0.1) is 0 Å². The summed E-state index contributed by atoms with van der Waals surface area (Å²) in [6.45, 7) is 3.76. The Labute approximate surface area is 156 Å². The van der Waals surface area contributed by atoms with Crippen LogP contribution in [-0.4, -0.2) is 30.6 Å². The number of hydrogen-bond acceptors (Lipinski definition) is 5. The predicted octanol–water partition coefficient (Wildman–Crippen LogP) is 3.95. The van der Waals surface area contributed by atoms with Crippen LogP contribution in [0, 0.1) is 15.9 Å². The second-order valence-corrected chi connectivity index (χ2v) is 6.03. The average Bonchev–Trinajstić information content (AvgIpc) is 2.62. The van der Waals surface area contributed by atoms with Gasteiger partial charge in [-0.2, -0.15) is 0 Å². The lowest BCUT2D eigenvalue weighted by atomic mass is 10.2. The van der Waals surface area contributed by atoms with Crippen molar-refractivity contribution in [1.29, 1.82) is 0 Å². The summed E-state index contributed by atoms with van der Waals surface area (Å²) >= 11 is 0. The van der Waals surface area contributed by atoms with E-state index >= 15 is 0 Å². The monoisotopic (exact) mass is 376 g/mol. The number of amides is 1. The normalized spacial score (nSPS) is 10.6. The van der Waals surface area contributed by atoms with Gasteiger partial charge >= 0.3 is 0 Å². The van der Waals surface area contributed by atoms with Gasteiger partial charge in [0.05, 0.1) is 25.1 Å². The fraction of sp³-hybridized carbons (Fsp3) is 0.316. The first-order chi connectivity index (χ1) is 12.8. The van der Waals surface area contributed by atoms with Gasteiger partial charge in [0.1, 0.15) is 5.75 Å². The summed E-state index contributed by atoms with van der Waals surface area (Å²) in [5.41, 5.74) is 0.398. The summed E-state index contributed by atoms with van der Waals surface area (Å²) in [5, 5.41) is 10.6. The zero-order valence-electron chi connectivity index (χ0n) is 15.3. The Morgan fingerprint density at radius 3 is 2.41 bits per heavy atom. The van der Waals surface area contributed by atoms with Crippen molar-refractivity contribution in [3.8, 4) is 11.5 Å². The third kappa shape index (κ3) is 5.16. The van der Waals surface area contributed by atoms with Gasteiger partial charge in [-0.25, -0.2) is 4.39 Å². The number of nitro benzene ring substituents is 1.